The van der Waals surface area contributed by atoms with E-state index in [1.807, 2.05) is 7.05 Å². The summed E-state index contributed by atoms with van der Waals surface area (Å²) in [5, 5.41) is 11.9. The van der Waals surface area contributed by atoms with Crippen molar-refractivity contribution < 1.29 is 14.7 Å². The molecule has 2 rings (SSSR count). The van der Waals surface area contributed by atoms with Gasteiger partial charge in [0.15, 0.2) is 0 Å². The van der Waals surface area contributed by atoms with Crippen molar-refractivity contribution in [3.05, 3.63) is 0 Å². The highest BCUT2D eigenvalue weighted by Crippen LogP contribution is 2.23. The van der Waals surface area contributed by atoms with Crippen LogP contribution in [-0.2, 0) is 4.79 Å². The number of aliphatic carboxylic acids is 1. The van der Waals surface area contributed by atoms with Gasteiger partial charge in [0.1, 0.15) is 6.54 Å². The Labute approximate surface area is 113 Å². The molecule has 2 N–H and O–H groups in total. The molecule has 2 aliphatic rings. The van der Waals surface area contributed by atoms with Crippen LogP contribution in [0, 0.1) is 0 Å². The van der Waals surface area contributed by atoms with E-state index in [1.165, 1.54) is 4.90 Å². The first-order valence-electron chi connectivity index (χ1n) is 7.03. The number of likely N-dealkylation sites (N-methyl/N-ethyl adjacent to an activating group) is 1. The number of nitrogens with zero attached hydrogens (tertiary/aromatic N) is 2. The normalized spacial score (nSPS) is 24.6. The Balaban J connectivity index is 1.92. The number of hydrogen-bond acceptors (Lipinski definition) is 3. The van der Waals surface area contributed by atoms with Crippen LogP contribution in [-0.4, -0.2) is 65.7 Å². The standard InChI is InChI=1S/C13H23N3O3/c1-15-7-6-10(8-15)14-13(19)16(9-12(17)18)11-4-2-3-5-11/h10-11H,2-9H2,1H3,(H,14,19)(H,17,18). The summed E-state index contributed by atoms with van der Waals surface area (Å²) in [4.78, 5) is 26.9. The molecule has 1 aliphatic carbocycles. The SMILES string of the molecule is CN1CCC(NC(=O)N(CC(=O)O)C2CCCC2)C1. The van der Waals surface area contributed by atoms with Crippen molar-refractivity contribution >= 4 is 12.0 Å². The fourth-order valence-electron chi connectivity index (χ4n) is 3.04. The fraction of sp³-hybridized carbons (Fsp3) is 0.846. The van der Waals surface area contributed by atoms with Gasteiger partial charge in [0.2, 0.25) is 0 Å². The average Bonchev–Trinajstić information content (AvgIpc) is 2.97. The van der Waals surface area contributed by atoms with Gasteiger partial charge in [-0.05, 0) is 32.9 Å². The van der Waals surface area contributed by atoms with Crippen molar-refractivity contribution in [3.63, 3.8) is 0 Å². The minimum absolute atomic E-state index is 0.0928. The summed E-state index contributed by atoms with van der Waals surface area (Å²) in [6.07, 6.45) is 4.95. The highest BCUT2D eigenvalue weighted by Gasteiger charge is 2.30. The Morgan fingerprint density at radius 3 is 2.53 bits per heavy atom. The molecule has 1 atom stereocenters. The van der Waals surface area contributed by atoms with Gasteiger partial charge in [-0.1, -0.05) is 12.8 Å². The van der Waals surface area contributed by atoms with Crippen LogP contribution in [0.3, 0.4) is 0 Å². The van der Waals surface area contributed by atoms with Crippen molar-refractivity contribution in [2.24, 2.45) is 0 Å². The van der Waals surface area contributed by atoms with Gasteiger partial charge in [-0.15, -0.1) is 0 Å². The van der Waals surface area contributed by atoms with E-state index >= 15 is 0 Å². The van der Waals surface area contributed by atoms with Gasteiger partial charge in [-0.2, -0.15) is 0 Å². The summed E-state index contributed by atoms with van der Waals surface area (Å²) in [7, 11) is 2.03. The summed E-state index contributed by atoms with van der Waals surface area (Å²) in [6, 6.07) is 0.0278. The zero-order valence-electron chi connectivity index (χ0n) is 11.5. The molecule has 1 aliphatic heterocycles. The highest BCUT2D eigenvalue weighted by atomic mass is 16.4. The molecule has 0 spiro atoms. The number of rotatable bonds is 4. The molecule has 0 aromatic rings. The van der Waals surface area contributed by atoms with Crippen LogP contribution in [0.4, 0.5) is 4.79 Å². The number of carbonyl (C=O) groups is 2. The lowest BCUT2D eigenvalue weighted by molar-refractivity contribution is -0.138. The molecule has 1 saturated carbocycles. The van der Waals surface area contributed by atoms with Gasteiger partial charge in [-0.25, -0.2) is 4.79 Å². The first-order chi connectivity index (χ1) is 9.06. The lowest BCUT2D eigenvalue weighted by Crippen LogP contribution is -2.50. The van der Waals surface area contributed by atoms with Crippen LogP contribution < -0.4 is 5.32 Å². The third-order valence-electron chi connectivity index (χ3n) is 4.05. The Hall–Kier alpha value is -1.30. The molecule has 6 nitrogen and oxygen atoms in total. The van der Waals surface area contributed by atoms with Crippen molar-refractivity contribution in [1.82, 2.24) is 15.1 Å². The lowest BCUT2D eigenvalue weighted by Gasteiger charge is -2.29. The van der Waals surface area contributed by atoms with E-state index in [1.54, 1.807) is 0 Å². The number of amides is 2. The topological polar surface area (TPSA) is 72.9 Å². The number of likely N-dealkylation sites (tertiary alicyclic amines) is 1. The third-order valence-corrected chi connectivity index (χ3v) is 4.05. The summed E-state index contributed by atoms with van der Waals surface area (Å²) in [5.74, 6) is -0.939. The van der Waals surface area contributed by atoms with E-state index in [4.69, 9.17) is 5.11 Å². The number of carboxylic acid groups (broad SMARTS) is 1. The van der Waals surface area contributed by atoms with Crippen molar-refractivity contribution in [3.8, 4) is 0 Å². The van der Waals surface area contributed by atoms with E-state index in [0.29, 0.717) is 0 Å². The van der Waals surface area contributed by atoms with Crippen LogP contribution in [0.5, 0.6) is 0 Å². The zero-order chi connectivity index (χ0) is 13.8. The molecular formula is C13H23N3O3. The van der Waals surface area contributed by atoms with Gasteiger partial charge in [0, 0.05) is 18.6 Å². The molecule has 0 aromatic carbocycles. The number of carbonyl (C=O) groups excluding carboxylic acids is 1. The fourth-order valence-corrected chi connectivity index (χ4v) is 3.04. The Kier molecular flexibility index (Phi) is 4.63. The van der Waals surface area contributed by atoms with Gasteiger partial charge in [-0.3, -0.25) is 4.79 Å². The molecule has 1 saturated heterocycles. The van der Waals surface area contributed by atoms with E-state index in [0.717, 1.165) is 45.2 Å². The first kappa shape index (κ1) is 14.1. The quantitative estimate of drug-likeness (QED) is 0.789. The number of hydrogen-bond donors (Lipinski definition) is 2. The minimum Gasteiger partial charge on any atom is -0.480 e. The third kappa shape index (κ3) is 3.83. The maximum absolute atomic E-state index is 12.3. The van der Waals surface area contributed by atoms with Gasteiger partial charge >= 0.3 is 12.0 Å². The predicted octanol–water partition coefficient (Wildman–Crippen LogP) is 0.729. The molecule has 0 radical (unpaired) electrons. The van der Waals surface area contributed by atoms with Crippen molar-refractivity contribution in [2.75, 3.05) is 26.7 Å². The molecule has 0 aromatic heterocycles. The molecular weight excluding hydrogens is 246 g/mol. The Morgan fingerprint density at radius 2 is 2.00 bits per heavy atom. The second kappa shape index (κ2) is 6.23. The van der Waals surface area contributed by atoms with Gasteiger partial charge in [0.25, 0.3) is 0 Å². The van der Waals surface area contributed by atoms with E-state index in [-0.39, 0.29) is 24.7 Å². The maximum atomic E-state index is 12.3. The van der Waals surface area contributed by atoms with Crippen LogP contribution in [0.1, 0.15) is 32.1 Å². The van der Waals surface area contributed by atoms with Crippen LogP contribution in [0.2, 0.25) is 0 Å². The van der Waals surface area contributed by atoms with Crippen molar-refractivity contribution in [1.29, 1.82) is 0 Å². The smallest absolute Gasteiger partial charge is 0.323 e. The largest absolute Gasteiger partial charge is 0.480 e. The summed E-state index contributed by atoms with van der Waals surface area (Å²) < 4.78 is 0. The number of urea groups is 1. The molecule has 1 unspecified atom stereocenters. The molecule has 6 heteroatoms. The van der Waals surface area contributed by atoms with Crippen LogP contribution in [0.25, 0.3) is 0 Å². The van der Waals surface area contributed by atoms with Crippen molar-refractivity contribution in [2.45, 2.75) is 44.2 Å². The average molecular weight is 269 g/mol. The van der Waals surface area contributed by atoms with Gasteiger partial charge in [0.05, 0.1) is 0 Å². The monoisotopic (exact) mass is 269 g/mol. The second-order valence-electron chi connectivity index (χ2n) is 5.66. The van der Waals surface area contributed by atoms with Crippen LogP contribution >= 0.6 is 0 Å². The minimum atomic E-state index is -0.939. The maximum Gasteiger partial charge on any atom is 0.323 e. The molecule has 1 heterocycles. The summed E-state index contributed by atoms with van der Waals surface area (Å²) in [6.45, 7) is 1.63. The van der Waals surface area contributed by atoms with Gasteiger partial charge < -0.3 is 20.2 Å². The van der Waals surface area contributed by atoms with E-state index in [9.17, 15) is 9.59 Å². The highest BCUT2D eigenvalue weighted by molar-refractivity contribution is 5.80. The Bertz CT molecular complexity index is 342. The number of nitrogens with one attached hydrogen (secondary N) is 1. The molecule has 2 fully saturated rings. The first-order valence-corrected chi connectivity index (χ1v) is 7.03. The van der Waals surface area contributed by atoms with Crippen LogP contribution in [0.15, 0.2) is 0 Å². The molecule has 108 valence electrons. The Morgan fingerprint density at radius 1 is 1.32 bits per heavy atom. The second-order valence-corrected chi connectivity index (χ2v) is 5.66. The zero-order valence-corrected chi connectivity index (χ0v) is 11.5. The van der Waals surface area contributed by atoms with E-state index < -0.39 is 5.97 Å². The predicted molar refractivity (Wildman–Crippen MR) is 71.0 cm³/mol. The molecule has 19 heavy (non-hydrogen) atoms. The summed E-state index contributed by atoms with van der Waals surface area (Å²) >= 11 is 0. The lowest BCUT2D eigenvalue weighted by atomic mass is 10.2. The summed E-state index contributed by atoms with van der Waals surface area (Å²) in [5.41, 5.74) is 0. The molecule has 2 amide bonds. The molecule has 0 bridgehead atoms. The van der Waals surface area contributed by atoms with E-state index in [2.05, 4.69) is 10.2 Å². The number of carboxylic acids is 1.